The number of methoxy groups -OCH3 is 7. The molecule has 0 bridgehead atoms. The lowest BCUT2D eigenvalue weighted by molar-refractivity contribution is -0.471. The van der Waals surface area contributed by atoms with Crippen LogP contribution in [0.3, 0.4) is 0 Å². The van der Waals surface area contributed by atoms with Crippen LogP contribution in [0.1, 0.15) is 63.8 Å². The maximum Gasteiger partial charge on any atom is 0.338 e. The summed E-state index contributed by atoms with van der Waals surface area (Å²) in [5, 5.41) is 34.8. The van der Waals surface area contributed by atoms with Crippen molar-refractivity contribution in [1.82, 2.24) is 0 Å². The smallest absolute Gasteiger partial charge is 0.338 e. The van der Waals surface area contributed by atoms with Crippen molar-refractivity contribution in [2.75, 3.05) is 83.5 Å². The van der Waals surface area contributed by atoms with Crippen molar-refractivity contribution in [1.29, 1.82) is 5.41 Å². The molecule has 6 heterocycles. The molecule has 58 heteroatoms. The number of rotatable bonds is 46. The number of aliphatic hydroxyl groups excluding tert-OH is 1. The molecule has 4 aromatic rings. The van der Waals surface area contributed by atoms with Gasteiger partial charge in [-0.2, -0.15) is 0 Å². The number of hydrogen-bond acceptors (Lipinski definition) is 52. The Labute approximate surface area is 835 Å². The molecular weight excluding hydrogens is 2060 g/mol. The Morgan fingerprint density at radius 3 is 1.20 bits per heavy atom. The van der Waals surface area contributed by atoms with E-state index in [0.29, 0.717) is 0 Å². The fraction of sp³-hybridized carbons (Fsp3) is 0.631. The number of ether oxygens (including phenoxy) is 26. The molecule has 2 N–H and O–H groups in total. The van der Waals surface area contributed by atoms with Crippen LogP contribution in [0.2, 0.25) is 0 Å². The first-order chi connectivity index (χ1) is 67.3. The molecule has 51 nitrogen and oxygen atoms in total. The average molecular weight is 2170 g/mol. The van der Waals surface area contributed by atoms with Crippen molar-refractivity contribution in [3.8, 4) is 0 Å². The van der Waals surface area contributed by atoms with Gasteiger partial charge in [0.05, 0.1) is 33.0 Å². The second kappa shape index (κ2) is 58.1. The fourth-order valence-corrected chi connectivity index (χ4v) is 17.1. The third-order valence-electron chi connectivity index (χ3n) is 21.4. The molecule has 6 aliphatic heterocycles. The number of hydrogen-bond donors (Lipinski definition) is 2. The summed E-state index contributed by atoms with van der Waals surface area (Å²) in [5.41, 5.74) is 3.17. The number of aliphatic hydroxyl groups is 1. The maximum atomic E-state index is 13.5. The van der Waals surface area contributed by atoms with Gasteiger partial charge in [-0.05, 0) is 36.0 Å². The third kappa shape index (κ3) is 36.5. The fourth-order valence-electron chi connectivity index (χ4n) is 15.4. The van der Waals surface area contributed by atoms with Gasteiger partial charge in [0.15, 0.2) is 86.5 Å². The summed E-state index contributed by atoms with van der Waals surface area (Å²) < 4.78 is 272. The topological polar surface area (TPSA) is 646 Å². The normalized spacial score (nSPS) is 31.2. The summed E-state index contributed by atoms with van der Waals surface area (Å²) in [6, 6.07) is 36.7. The average Bonchev–Trinajstić information content (AvgIpc) is 0.795. The summed E-state index contributed by atoms with van der Waals surface area (Å²) in [7, 11) is -7.14. The molecule has 6 saturated heterocycles. The van der Waals surface area contributed by atoms with Crippen LogP contribution >= 0.6 is 47.1 Å². The first-order valence-corrected chi connectivity index (χ1v) is 48.3. The Bertz CT molecular complexity index is 4890. The van der Waals surface area contributed by atoms with Crippen LogP contribution in [0.15, 0.2) is 121 Å². The third-order valence-corrected chi connectivity index (χ3v) is 23.7. The number of carbonyl (C=O) groups excluding carboxylic acids is 6. The highest BCUT2D eigenvalue weighted by atomic mass is 35.6. The van der Waals surface area contributed by atoms with Gasteiger partial charge in [-0.1, -0.05) is 168 Å². The molecule has 6 fully saturated rings. The van der Waals surface area contributed by atoms with Crippen LogP contribution in [0.4, 0.5) is 0 Å². The van der Waals surface area contributed by atoms with E-state index in [4.69, 9.17) is 168 Å². The van der Waals surface area contributed by atoms with Crippen LogP contribution in [-0.2, 0) is 241 Å². The molecule has 6 aliphatic rings. The lowest BCUT2D eigenvalue weighted by Crippen LogP contribution is -2.66. The van der Waals surface area contributed by atoms with E-state index in [1.54, 1.807) is 50.2 Å². The van der Waals surface area contributed by atoms with E-state index in [-0.39, 0.29) is 45.4 Å². The second-order valence-electron chi connectivity index (χ2n) is 31.0. The minimum absolute atomic E-state index is 0.0195. The molecule has 800 valence electrons. The van der Waals surface area contributed by atoms with Crippen LogP contribution < -0.4 is 5.11 Å². The molecule has 0 aromatic heterocycles. The monoisotopic (exact) mass is 2170 g/mol. The highest BCUT2D eigenvalue weighted by molar-refractivity contribution is 7.89. The number of nitrogens with one attached hydrogen (secondary N) is 1. The summed E-state index contributed by atoms with van der Waals surface area (Å²) in [6.45, 7) is 5.36. The molecule has 4 aromatic carbocycles. The lowest BCUT2D eigenvalue weighted by Gasteiger charge is -2.49. The maximum absolute atomic E-state index is 13.5. The van der Waals surface area contributed by atoms with E-state index >= 15 is 0 Å². The molecule has 0 spiro atoms. The van der Waals surface area contributed by atoms with Gasteiger partial charge in [0.25, 0.3) is 3.79 Å². The van der Waals surface area contributed by atoms with Crippen molar-refractivity contribution in [2.24, 2.45) is 5.92 Å². The first kappa shape index (κ1) is 120. The van der Waals surface area contributed by atoms with Gasteiger partial charge in [-0.25, -0.2) is 39.7 Å². The molecule has 10 rings (SSSR count). The summed E-state index contributed by atoms with van der Waals surface area (Å²) in [6.07, 6.45) is -41.3. The van der Waals surface area contributed by atoms with E-state index in [0.717, 1.165) is 50.7 Å². The predicted octanol–water partition coefficient (Wildman–Crippen LogP) is 2.19. The lowest BCUT2D eigenvalue weighted by atomic mass is 9.90. The molecule has 12 unspecified atom stereocenters. The standard InChI is InChI=1S/C35H42Cl3NO13.C33H42O13.C16H29O24S4/c1-19-25(43-4)30(48-21(3)41)33(50-26(19)31(42)47-17-23-14-10-7-11-15-23)51-27-24(18-45-20(2)40)49-32(52-34(39)35(36,37)38)29(28(27)44-5)46-16-22-12-8-6-9-13-22;1-19-26(41-16-22-12-8-6-9-13-22)30(39-5)27(24(43-19)18-40-20(2)34)45-33-31(44-21(3)35)28(38-4)25(36)29(46-33)32(37)42-17-23-14-10-7-11-15-23;1-27-9-8(7(5-32-42(18,19)20)33-14(29-3)12(9)37-43(21,22)23)34-16-13(38-44(24,25)26)10(28-2)11(15(35-16)31-6-17)36-41-40-39-30-4/h6-15,19,24-30,32-33,39H,16-18H2,1-5H3;6-15,19,24-31,33,36H,16-18H2,1-5H3;7-16H,5-6H2,1-4H3,(H,18,19,20)(H,21,22,23)(H,24,25,26)/q;;-1/p-3/t19-,24-,25-,26?,27+,28?,29?,30?,32+,33-;19-,24+,25+,26?,27-,28+,29?,30?,31?,33-;7-,8+,9?,10-,11-,12?,13?,14-,15?,16+/m010/s1. The van der Waals surface area contributed by atoms with E-state index < -0.39 is 281 Å². The molecule has 0 amide bonds. The second-order valence-corrected chi connectivity index (χ2v) is 36.8. The molecular formula is C84H110Cl3NO50S4-4. The Balaban J connectivity index is 0.000000262. The Hall–Kier alpha value is -7.00. The number of alkyl halides is 3. The molecule has 0 saturated carbocycles. The predicted molar refractivity (Wildman–Crippen MR) is 468 cm³/mol. The molecule has 0 radical (unpaired) electrons. The highest BCUT2D eigenvalue weighted by Crippen LogP contribution is 2.42. The quantitative estimate of drug-likeness (QED) is 0.00520. The summed E-state index contributed by atoms with van der Waals surface area (Å²) >= 11 is 17.8. The Kier molecular flexibility index (Phi) is 49.2. The van der Waals surface area contributed by atoms with Gasteiger partial charge in [-0.15, -0.1) is 4.33 Å². The number of halogens is 3. The number of carbonyl (C=O) groups is 6. The Morgan fingerprint density at radius 1 is 0.401 bits per heavy atom. The van der Waals surface area contributed by atoms with Crippen LogP contribution in [0.25, 0.3) is 0 Å². The van der Waals surface area contributed by atoms with Crippen molar-refractivity contribution in [2.45, 2.75) is 250 Å². The molecule has 0 aliphatic carbocycles. The zero-order valence-corrected chi connectivity index (χ0v) is 83.8. The highest BCUT2D eigenvalue weighted by Gasteiger charge is 2.61. The zero-order valence-electron chi connectivity index (χ0n) is 78.2. The van der Waals surface area contributed by atoms with E-state index in [1.165, 1.54) is 56.1 Å². The van der Waals surface area contributed by atoms with Crippen molar-refractivity contribution >= 4 is 120 Å². The van der Waals surface area contributed by atoms with E-state index in [1.807, 2.05) is 84.9 Å². The van der Waals surface area contributed by atoms with Crippen LogP contribution in [0, 0.1) is 11.3 Å². The van der Waals surface area contributed by atoms with Gasteiger partial charge in [0.1, 0.15) is 118 Å². The first-order valence-electron chi connectivity index (χ1n) is 42.5. The van der Waals surface area contributed by atoms with Crippen molar-refractivity contribution in [3.63, 3.8) is 0 Å². The molecule has 142 heavy (non-hydrogen) atoms. The molecule has 30 atom stereocenters. The Morgan fingerprint density at radius 2 is 0.789 bits per heavy atom. The number of esters is 6. The summed E-state index contributed by atoms with van der Waals surface area (Å²) in [5.74, 6) is -5.63. The van der Waals surface area contributed by atoms with E-state index in [9.17, 15) is 77.9 Å². The van der Waals surface area contributed by atoms with Crippen LogP contribution in [0.5, 0.6) is 0 Å². The zero-order chi connectivity index (χ0) is 105. The van der Waals surface area contributed by atoms with Crippen molar-refractivity contribution in [3.05, 3.63) is 144 Å². The largest absolute Gasteiger partial charge is 0.834 e. The van der Waals surface area contributed by atoms with Crippen LogP contribution in [-0.4, -0.2) is 351 Å². The minimum atomic E-state index is -5.64. The minimum Gasteiger partial charge on any atom is -0.834 e. The van der Waals surface area contributed by atoms with E-state index in [2.05, 4.69) is 26.8 Å². The van der Waals surface area contributed by atoms with Gasteiger partial charge in [0.2, 0.25) is 43.4 Å². The van der Waals surface area contributed by atoms with Gasteiger partial charge in [-0.3, -0.25) is 41.3 Å². The summed E-state index contributed by atoms with van der Waals surface area (Å²) in [4.78, 5) is 79.2. The van der Waals surface area contributed by atoms with Crippen molar-refractivity contribution < 1.29 is 232 Å². The van der Waals surface area contributed by atoms with Gasteiger partial charge >= 0.3 is 35.8 Å². The van der Waals surface area contributed by atoms with Gasteiger partial charge < -0.3 is 147 Å². The number of benzene rings is 4. The van der Waals surface area contributed by atoms with Gasteiger partial charge in [0, 0.05) is 83.4 Å². The SMILES string of the molecule is COC1C(OCc2ccccc2)[C@@H](C)O[C@@H](COC(C)=O)[C@H]1O[C@@H]1OC(C(=O)OCc2ccccc2)[C@@H](O)[C@H](OC)C1OC(C)=O.COC1C(OCc2ccccc2)[C@@H](OC(=N)C(Cl)(Cl)Cl)O[C@@H](COC(C)=O)[C@H]1O[C@@H]1OC(C(=O)OCc2ccccc2)[C@@H](C)[C@H](OC)C1OC(C)=O.COOOSO[C@@H]1C(OC[O-])O[C@@H](O[C@H]2C(OC)C(OS(=O)(=O)[O-])[C@@H](OC)O[C@H]2COS(=O)(=O)[O-])C(OS(=O)(=O)[O-])[C@H]1OC.